The molecular formula is C16H10ClNO5. The van der Waals surface area contributed by atoms with Gasteiger partial charge in [-0.15, -0.1) is 0 Å². The van der Waals surface area contributed by atoms with E-state index in [0.717, 1.165) is 17.9 Å². The Morgan fingerprint density at radius 2 is 1.96 bits per heavy atom. The van der Waals surface area contributed by atoms with E-state index >= 15 is 0 Å². The zero-order valence-corrected chi connectivity index (χ0v) is 12.4. The van der Waals surface area contributed by atoms with E-state index < -0.39 is 11.6 Å². The first-order valence-electron chi connectivity index (χ1n) is 6.59. The van der Waals surface area contributed by atoms with Gasteiger partial charge in [-0.05, 0) is 30.3 Å². The molecule has 2 aromatic heterocycles. The maximum absolute atomic E-state index is 11.8. The molecule has 0 radical (unpaired) electrons. The van der Waals surface area contributed by atoms with Crippen molar-refractivity contribution in [1.29, 1.82) is 0 Å². The molecule has 0 spiro atoms. The van der Waals surface area contributed by atoms with Crippen molar-refractivity contribution >= 4 is 17.6 Å². The molecule has 116 valence electrons. The third-order valence-corrected chi connectivity index (χ3v) is 3.23. The van der Waals surface area contributed by atoms with Crippen molar-refractivity contribution in [2.24, 2.45) is 0 Å². The van der Waals surface area contributed by atoms with Crippen molar-refractivity contribution in [3.05, 3.63) is 75.4 Å². The number of hydrogen-bond acceptors (Lipinski definition) is 6. The molecule has 0 fully saturated rings. The van der Waals surface area contributed by atoms with E-state index in [1.807, 2.05) is 0 Å². The first-order valence-corrected chi connectivity index (χ1v) is 6.97. The Morgan fingerprint density at radius 1 is 1.17 bits per heavy atom. The van der Waals surface area contributed by atoms with Crippen LogP contribution in [0.25, 0.3) is 11.3 Å². The van der Waals surface area contributed by atoms with Gasteiger partial charge in [0, 0.05) is 22.7 Å². The number of carbonyl (C=O) groups excluding carboxylic acids is 1. The lowest BCUT2D eigenvalue weighted by Crippen LogP contribution is -2.07. The fourth-order valence-electron chi connectivity index (χ4n) is 1.83. The Bertz CT molecular complexity index is 861. The van der Waals surface area contributed by atoms with Crippen LogP contribution in [0.3, 0.4) is 0 Å². The van der Waals surface area contributed by atoms with E-state index in [-0.39, 0.29) is 12.2 Å². The highest BCUT2D eigenvalue weighted by atomic mass is 35.5. The molecule has 0 saturated heterocycles. The second-order valence-electron chi connectivity index (χ2n) is 4.61. The summed E-state index contributed by atoms with van der Waals surface area (Å²) in [6, 6.07) is 11.2. The molecule has 0 bridgehead atoms. The molecule has 0 aliphatic carbocycles. The summed E-state index contributed by atoms with van der Waals surface area (Å²) in [6.07, 6.45) is 1.05. The maximum Gasteiger partial charge on any atom is 0.341 e. The number of nitrogens with zero attached hydrogens (tertiary/aromatic N) is 1. The summed E-state index contributed by atoms with van der Waals surface area (Å²) in [5.74, 6) is -0.0804. The van der Waals surface area contributed by atoms with Gasteiger partial charge in [0.15, 0.2) is 5.76 Å². The van der Waals surface area contributed by atoms with Gasteiger partial charge >= 0.3 is 11.6 Å². The molecule has 0 saturated carbocycles. The molecule has 0 atom stereocenters. The van der Waals surface area contributed by atoms with Crippen molar-refractivity contribution in [3.63, 3.8) is 0 Å². The number of ether oxygens (including phenoxy) is 1. The van der Waals surface area contributed by atoms with Gasteiger partial charge in [-0.3, -0.25) is 0 Å². The molecule has 3 aromatic rings. The molecule has 0 aliphatic rings. The van der Waals surface area contributed by atoms with Crippen LogP contribution in [-0.2, 0) is 11.3 Å². The summed E-state index contributed by atoms with van der Waals surface area (Å²) in [4.78, 5) is 22.6. The molecule has 0 amide bonds. The molecule has 1 aromatic carbocycles. The number of benzene rings is 1. The summed E-state index contributed by atoms with van der Waals surface area (Å²) in [7, 11) is 0. The topological polar surface area (TPSA) is 82.5 Å². The molecule has 2 heterocycles. The Morgan fingerprint density at radius 3 is 2.65 bits per heavy atom. The molecular weight excluding hydrogens is 322 g/mol. The smallest absolute Gasteiger partial charge is 0.341 e. The van der Waals surface area contributed by atoms with E-state index in [1.165, 1.54) is 6.07 Å². The van der Waals surface area contributed by atoms with Crippen LogP contribution in [0.1, 0.15) is 16.1 Å². The van der Waals surface area contributed by atoms with Crippen LogP contribution in [0.4, 0.5) is 0 Å². The minimum absolute atomic E-state index is 0.0605. The SMILES string of the molecule is O=C(OCc1cc(-c2ccc(Cl)cc2)on1)c1ccc(=O)oc1. The molecule has 0 N–H and O–H groups in total. The Hall–Kier alpha value is -2.86. The zero-order chi connectivity index (χ0) is 16.2. The number of carbonyl (C=O) groups is 1. The van der Waals surface area contributed by atoms with Gasteiger partial charge in [0.1, 0.15) is 18.6 Å². The Balaban J connectivity index is 1.65. The lowest BCUT2D eigenvalue weighted by Gasteiger charge is -2.00. The minimum Gasteiger partial charge on any atom is -0.455 e. The maximum atomic E-state index is 11.8. The molecule has 3 rings (SSSR count). The summed E-state index contributed by atoms with van der Waals surface area (Å²) >= 11 is 5.83. The molecule has 0 aliphatic heterocycles. The first-order chi connectivity index (χ1) is 11.1. The molecule has 23 heavy (non-hydrogen) atoms. The third-order valence-electron chi connectivity index (χ3n) is 2.98. The Labute approximate surface area is 135 Å². The van der Waals surface area contributed by atoms with E-state index in [4.69, 9.17) is 20.9 Å². The van der Waals surface area contributed by atoms with Gasteiger partial charge in [-0.1, -0.05) is 16.8 Å². The highest BCUT2D eigenvalue weighted by molar-refractivity contribution is 6.30. The summed E-state index contributed by atoms with van der Waals surface area (Å²) in [5.41, 5.74) is 0.877. The fourth-order valence-corrected chi connectivity index (χ4v) is 1.95. The largest absolute Gasteiger partial charge is 0.455 e. The van der Waals surface area contributed by atoms with Crippen LogP contribution in [0.5, 0.6) is 0 Å². The van der Waals surface area contributed by atoms with Gasteiger partial charge in [-0.2, -0.15) is 0 Å². The Kier molecular flexibility index (Phi) is 4.25. The first kappa shape index (κ1) is 15.1. The normalized spacial score (nSPS) is 10.5. The number of halogens is 1. The van der Waals surface area contributed by atoms with E-state index in [1.54, 1.807) is 30.3 Å². The summed E-state index contributed by atoms with van der Waals surface area (Å²) in [5, 5.41) is 4.46. The predicted molar refractivity (Wildman–Crippen MR) is 81.0 cm³/mol. The van der Waals surface area contributed by atoms with Gasteiger partial charge in [0.2, 0.25) is 0 Å². The van der Waals surface area contributed by atoms with Crippen LogP contribution in [0, 0.1) is 0 Å². The lowest BCUT2D eigenvalue weighted by molar-refractivity contribution is 0.0461. The number of rotatable bonds is 4. The van der Waals surface area contributed by atoms with Crippen molar-refractivity contribution in [2.75, 3.05) is 0 Å². The summed E-state index contributed by atoms with van der Waals surface area (Å²) in [6.45, 7) is -0.0605. The molecule has 7 heteroatoms. The van der Waals surface area contributed by atoms with Crippen LogP contribution in [-0.4, -0.2) is 11.1 Å². The summed E-state index contributed by atoms with van der Waals surface area (Å²) < 4.78 is 14.9. The van der Waals surface area contributed by atoms with Crippen LogP contribution in [0.15, 0.2) is 62.5 Å². The van der Waals surface area contributed by atoms with Crippen LogP contribution in [0.2, 0.25) is 5.02 Å². The second kappa shape index (κ2) is 6.50. The average molecular weight is 332 g/mol. The van der Waals surface area contributed by atoms with E-state index in [0.29, 0.717) is 16.5 Å². The number of hydrogen-bond donors (Lipinski definition) is 0. The minimum atomic E-state index is -0.621. The van der Waals surface area contributed by atoms with Gasteiger partial charge in [0.05, 0.1) is 5.56 Å². The number of aromatic nitrogens is 1. The zero-order valence-electron chi connectivity index (χ0n) is 11.7. The highest BCUT2D eigenvalue weighted by Gasteiger charge is 2.11. The lowest BCUT2D eigenvalue weighted by atomic mass is 10.2. The molecule has 6 nitrogen and oxygen atoms in total. The van der Waals surface area contributed by atoms with Crippen molar-refractivity contribution < 1.29 is 18.5 Å². The molecule has 0 unspecified atom stereocenters. The van der Waals surface area contributed by atoms with E-state index in [9.17, 15) is 9.59 Å². The van der Waals surface area contributed by atoms with Crippen molar-refractivity contribution in [3.8, 4) is 11.3 Å². The van der Waals surface area contributed by atoms with Gasteiger partial charge < -0.3 is 13.7 Å². The second-order valence-corrected chi connectivity index (χ2v) is 5.05. The quantitative estimate of drug-likeness (QED) is 0.682. The average Bonchev–Trinajstić information content (AvgIpc) is 3.03. The number of esters is 1. The van der Waals surface area contributed by atoms with Crippen molar-refractivity contribution in [1.82, 2.24) is 5.16 Å². The van der Waals surface area contributed by atoms with Crippen LogP contribution < -0.4 is 5.63 Å². The van der Waals surface area contributed by atoms with Gasteiger partial charge in [0.25, 0.3) is 0 Å². The van der Waals surface area contributed by atoms with Crippen LogP contribution >= 0.6 is 11.6 Å². The standard InChI is InChI=1S/C16H10ClNO5/c17-12-4-1-10(2-5-12)14-7-13(18-23-14)9-22-16(20)11-3-6-15(19)21-8-11/h1-8H,9H2. The van der Waals surface area contributed by atoms with Gasteiger partial charge in [-0.25, -0.2) is 9.59 Å². The monoisotopic (exact) mass is 331 g/mol. The van der Waals surface area contributed by atoms with Crippen molar-refractivity contribution in [2.45, 2.75) is 6.61 Å². The highest BCUT2D eigenvalue weighted by Crippen LogP contribution is 2.22. The predicted octanol–water partition coefficient (Wildman–Crippen LogP) is 3.31. The van der Waals surface area contributed by atoms with E-state index in [2.05, 4.69) is 9.57 Å². The third kappa shape index (κ3) is 3.67. The fraction of sp³-hybridized carbons (Fsp3) is 0.0625.